The molecular formula is C19H23N5O2. The van der Waals surface area contributed by atoms with Crippen LogP contribution in [0, 0.1) is 28.1 Å². The summed E-state index contributed by atoms with van der Waals surface area (Å²) >= 11 is 0. The van der Waals surface area contributed by atoms with Crippen LogP contribution in [0.25, 0.3) is 0 Å². The topological polar surface area (TPSA) is 109 Å². The minimum absolute atomic E-state index is 0.0152. The van der Waals surface area contributed by atoms with Gasteiger partial charge in [-0.25, -0.2) is 4.79 Å². The SMILES string of the molecule is CC[C@@H](C)NC(=O)C1(C#N)CCN(C(=O)Nc2cccc(C#N)c2)CC1. The van der Waals surface area contributed by atoms with E-state index in [1.807, 2.05) is 19.9 Å². The van der Waals surface area contributed by atoms with Crippen LogP contribution in [0.15, 0.2) is 24.3 Å². The molecule has 136 valence electrons. The van der Waals surface area contributed by atoms with E-state index in [2.05, 4.69) is 16.7 Å². The van der Waals surface area contributed by atoms with E-state index in [0.29, 0.717) is 37.2 Å². The summed E-state index contributed by atoms with van der Waals surface area (Å²) in [5.74, 6) is -0.254. The molecule has 1 saturated heterocycles. The van der Waals surface area contributed by atoms with Crippen molar-refractivity contribution in [3.05, 3.63) is 29.8 Å². The third kappa shape index (κ3) is 4.31. The molecule has 0 spiro atoms. The second-order valence-corrected chi connectivity index (χ2v) is 6.59. The van der Waals surface area contributed by atoms with Crippen LogP contribution in [0.3, 0.4) is 0 Å². The molecule has 1 fully saturated rings. The number of hydrogen-bond donors (Lipinski definition) is 2. The molecule has 0 aliphatic carbocycles. The zero-order chi connectivity index (χ0) is 19.2. The summed E-state index contributed by atoms with van der Waals surface area (Å²) in [5.41, 5.74) is -0.0756. The van der Waals surface area contributed by atoms with Crippen LogP contribution < -0.4 is 10.6 Å². The maximum absolute atomic E-state index is 12.5. The Kier molecular flexibility index (Phi) is 6.19. The molecule has 0 radical (unpaired) electrons. The molecule has 26 heavy (non-hydrogen) atoms. The van der Waals surface area contributed by atoms with E-state index in [1.165, 1.54) is 0 Å². The minimum Gasteiger partial charge on any atom is -0.352 e. The van der Waals surface area contributed by atoms with Crippen LogP contribution in [-0.2, 0) is 4.79 Å². The van der Waals surface area contributed by atoms with Gasteiger partial charge in [0.05, 0.1) is 17.7 Å². The molecule has 2 N–H and O–H groups in total. The van der Waals surface area contributed by atoms with E-state index < -0.39 is 5.41 Å². The van der Waals surface area contributed by atoms with Gasteiger partial charge in [0, 0.05) is 24.8 Å². The first-order valence-electron chi connectivity index (χ1n) is 8.72. The standard InChI is InChI=1S/C19H23N5O2/c1-3-14(2)22-17(25)19(13-21)7-9-24(10-8-19)18(26)23-16-6-4-5-15(11-16)12-20/h4-6,11,14H,3,7-10H2,1-2H3,(H,22,25)(H,23,26)/t14-/m1/s1. The Bertz CT molecular complexity index is 754. The molecule has 7 heteroatoms. The zero-order valence-electron chi connectivity index (χ0n) is 15.1. The maximum atomic E-state index is 12.5. The number of anilines is 1. The highest BCUT2D eigenvalue weighted by molar-refractivity contribution is 5.90. The first-order valence-corrected chi connectivity index (χ1v) is 8.72. The fourth-order valence-electron chi connectivity index (χ4n) is 2.81. The predicted molar refractivity (Wildman–Crippen MR) is 96.9 cm³/mol. The van der Waals surface area contributed by atoms with E-state index in [4.69, 9.17) is 5.26 Å². The van der Waals surface area contributed by atoms with Gasteiger partial charge in [0.15, 0.2) is 0 Å². The molecular weight excluding hydrogens is 330 g/mol. The first-order chi connectivity index (χ1) is 12.4. The molecule has 1 aliphatic heterocycles. The third-order valence-corrected chi connectivity index (χ3v) is 4.79. The molecule has 1 aliphatic rings. The number of rotatable bonds is 4. The highest BCUT2D eigenvalue weighted by atomic mass is 16.2. The molecule has 1 heterocycles. The third-order valence-electron chi connectivity index (χ3n) is 4.79. The predicted octanol–water partition coefficient (Wildman–Crippen LogP) is 2.61. The van der Waals surface area contributed by atoms with Gasteiger partial charge in [0.25, 0.3) is 0 Å². The number of hydrogen-bond acceptors (Lipinski definition) is 4. The van der Waals surface area contributed by atoms with Crippen molar-refractivity contribution in [2.75, 3.05) is 18.4 Å². The van der Waals surface area contributed by atoms with E-state index >= 15 is 0 Å². The monoisotopic (exact) mass is 353 g/mol. The molecule has 2 rings (SSSR count). The van der Waals surface area contributed by atoms with Gasteiger partial charge in [0.1, 0.15) is 5.41 Å². The highest BCUT2D eigenvalue weighted by Gasteiger charge is 2.43. The van der Waals surface area contributed by atoms with E-state index in [-0.39, 0.29) is 18.0 Å². The second-order valence-electron chi connectivity index (χ2n) is 6.59. The first kappa shape index (κ1) is 19.3. The van der Waals surface area contributed by atoms with Gasteiger partial charge >= 0.3 is 6.03 Å². The van der Waals surface area contributed by atoms with Crippen molar-refractivity contribution in [3.63, 3.8) is 0 Å². The Morgan fingerprint density at radius 1 is 1.31 bits per heavy atom. The molecule has 7 nitrogen and oxygen atoms in total. The molecule has 0 unspecified atom stereocenters. The second kappa shape index (κ2) is 8.35. The lowest BCUT2D eigenvalue weighted by molar-refractivity contribution is -0.130. The number of piperidine rings is 1. The average Bonchev–Trinajstić information content (AvgIpc) is 2.67. The number of nitrogens with zero attached hydrogens (tertiary/aromatic N) is 3. The van der Waals surface area contributed by atoms with Crippen molar-refractivity contribution >= 4 is 17.6 Å². The Morgan fingerprint density at radius 2 is 2.00 bits per heavy atom. The Morgan fingerprint density at radius 3 is 2.58 bits per heavy atom. The van der Waals surface area contributed by atoms with Crippen LogP contribution in [0.2, 0.25) is 0 Å². The van der Waals surface area contributed by atoms with Crippen LogP contribution in [0.1, 0.15) is 38.7 Å². The van der Waals surface area contributed by atoms with Gasteiger partial charge in [-0.3, -0.25) is 4.79 Å². The molecule has 0 saturated carbocycles. The lowest BCUT2D eigenvalue weighted by atomic mass is 9.78. The summed E-state index contributed by atoms with van der Waals surface area (Å²) < 4.78 is 0. The largest absolute Gasteiger partial charge is 0.352 e. The van der Waals surface area contributed by atoms with E-state index in [1.54, 1.807) is 29.2 Å². The van der Waals surface area contributed by atoms with Gasteiger partial charge in [0.2, 0.25) is 5.91 Å². The summed E-state index contributed by atoms with van der Waals surface area (Å²) in [7, 11) is 0. The number of amides is 3. The molecule has 1 aromatic rings. The van der Waals surface area contributed by atoms with Crippen LogP contribution in [0.5, 0.6) is 0 Å². The lowest BCUT2D eigenvalue weighted by Gasteiger charge is -2.36. The fraction of sp³-hybridized carbons (Fsp3) is 0.474. The number of carbonyl (C=O) groups is 2. The van der Waals surface area contributed by atoms with Gasteiger partial charge in [-0.05, 0) is 44.4 Å². The summed E-state index contributed by atoms with van der Waals surface area (Å²) in [4.78, 5) is 26.5. The van der Waals surface area contributed by atoms with E-state index in [0.717, 1.165) is 6.42 Å². The Labute approximate surface area is 153 Å². The molecule has 0 bridgehead atoms. The normalized spacial score (nSPS) is 16.7. The number of likely N-dealkylation sites (tertiary alicyclic amines) is 1. The van der Waals surface area contributed by atoms with Crippen molar-refractivity contribution < 1.29 is 9.59 Å². The van der Waals surface area contributed by atoms with Gasteiger partial charge in [-0.1, -0.05) is 13.0 Å². The molecule has 1 atom stereocenters. The Balaban J connectivity index is 1.98. The van der Waals surface area contributed by atoms with Crippen molar-refractivity contribution in [1.82, 2.24) is 10.2 Å². The van der Waals surface area contributed by atoms with Crippen molar-refractivity contribution in [2.45, 2.75) is 39.2 Å². The smallest absolute Gasteiger partial charge is 0.321 e. The zero-order valence-corrected chi connectivity index (χ0v) is 15.1. The Hall–Kier alpha value is -3.06. The summed E-state index contributed by atoms with van der Waals surface area (Å²) in [6, 6.07) is 10.6. The van der Waals surface area contributed by atoms with E-state index in [9.17, 15) is 14.9 Å². The summed E-state index contributed by atoms with van der Waals surface area (Å²) in [6.07, 6.45) is 1.40. The number of carbonyl (C=O) groups excluding carboxylic acids is 2. The van der Waals surface area contributed by atoms with Gasteiger partial charge in [-0.2, -0.15) is 10.5 Å². The minimum atomic E-state index is -1.08. The molecule has 3 amide bonds. The molecule has 1 aromatic carbocycles. The van der Waals surface area contributed by atoms with Crippen LogP contribution in [0.4, 0.5) is 10.5 Å². The fourth-order valence-corrected chi connectivity index (χ4v) is 2.81. The van der Waals surface area contributed by atoms with Crippen LogP contribution in [-0.4, -0.2) is 36.0 Å². The quantitative estimate of drug-likeness (QED) is 0.867. The van der Waals surface area contributed by atoms with Crippen molar-refractivity contribution in [3.8, 4) is 12.1 Å². The van der Waals surface area contributed by atoms with Crippen molar-refractivity contribution in [2.24, 2.45) is 5.41 Å². The van der Waals surface area contributed by atoms with Gasteiger partial charge in [-0.15, -0.1) is 0 Å². The summed E-state index contributed by atoms with van der Waals surface area (Å²) in [6.45, 7) is 4.52. The highest BCUT2D eigenvalue weighted by Crippen LogP contribution is 2.31. The number of nitriles is 2. The lowest BCUT2D eigenvalue weighted by Crippen LogP contribution is -2.51. The van der Waals surface area contributed by atoms with Crippen LogP contribution >= 0.6 is 0 Å². The number of benzene rings is 1. The van der Waals surface area contributed by atoms with Gasteiger partial charge < -0.3 is 15.5 Å². The average molecular weight is 353 g/mol. The number of urea groups is 1. The van der Waals surface area contributed by atoms with Crippen molar-refractivity contribution in [1.29, 1.82) is 10.5 Å². The number of nitrogens with one attached hydrogen (secondary N) is 2. The molecule has 0 aromatic heterocycles. The summed E-state index contributed by atoms with van der Waals surface area (Å²) in [5, 5.41) is 24.1. The maximum Gasteiger partial charge on any atom is 0.321 e.